The summed E-state index contributed by atoms with van der Waals surface area (Å²) in [5.74, 6) is -0.173. The van der Waals surface area contributed by atoms with E-state index in [9.17, 15) is 4.79 Å². The summed E-state index contributed by atoms with van der Waals surface area (Å²) in [6, 6.07) is 9.57. The highest BCUT2D eigenvalue weighted by Gasteiger charge is 2.10. The van der Waals surface area contributed by atoms with Gasteiger partial charge in [-0.25, -0.2) is 0 Å². The number of carbonyl (C=O) groups is 1. The predicted octanol–water partition coefficient (Wildman–Crippen LogP) is 3.39. The van der Waals surface area contributed by atoms with Crippen LogP contribution >= 0.6 is 11.6 Å². The van der Waals surface area contributed by atoms with Crippen LogP contribution in [0.3, 0.4) is 0 Å². The summed E-state index contributed by atoms with van der Waals surface area (Å²) in [5.41, 5.74) is 1.72. The molecule has 2 aromatic rings. The van der Waals surface area contributed by atoms with Gasteiger partial charge in [0.15, 0.2) is 0 Å². The minimum atomic E-state index is -0.173. The predicted molar refractivity (Wildman–Crippen MR) is 74.2 cm³/mol. The Bertz CT molecular complexity index is 596. The largest absolute Gasteiger partial charge is 0.375 e. The van der Waals surface area contributed by atoms with E-state index in [0.717, 1.165) is 22.0 Å². The first-order chi connectivity index (χ1) is 8.63. The van der Waals surface area contributed by atoms with E-state index in [1.54, 1.807) is 0 Å². The van der Waals surface area contributed by atoms with E-state index in [0.29, 0.717) is 5.02 Å². The third kappa shape index (κ3) is 2.47. The summed E-state index contributed by atoms with van der Waals surface area (Å²) >= 11 is 6.19. The normalized spacial score (nSPS) is 10.6. The first kappa shape index (κ1) is 12.9. The number of benzene rings is 2. The van der Waals surface area contributed by atoms with Crippen LogP contribution in [-0.2, 0) is 9.53 Å². The molecule has 0 aliphatic carbocycles. The SMILES string of the molecule is COCC(=O)Nc1c(C)cc(Cl)c2ccccc12. The fourth-order valence-corrected chi connectivity index (χ4v) is 2.26. The molecule has 0 atom stereocenters. The number of amides is 1. The third-order valence-electron chi connectivity index (χ3n) is 2.73. The molecule has 0 aliphatic rings. The zero-order chi connectivity index (χ0) is 13.1. The van der Waals surface area contributed by atoms with Gasteiger partial charge in [0.1, 0.15) is 6.61 Å². The second-order valence-corrected chi connectivity index (χ2v) is 4.48. The zero-order valence-electron chi connectivity index (χ0n) is 10.3. The van der Waals surface area contributed by atoms with E-state index in [1.165, 1.54) is 7.11 Å². The van der Waals surface area contributed by atoms with Gasteiger partial charge in [0.25, 0.3) is 0 Å². The minimum absolute atomic E-state index is 0.0381. The first-order valence-corrected chi connectivity index (χ1v) is 5.98. The van der Waals surface area contributed by atoms with E-state index in [-0.39, 0.29) is 12.5 Å². The van der Waals surface area contributed by atoms with E-state index in [4.69, 9.17) is 16.3 Å². The number of aryl methyl sites for hydroxylation is 1. The van der Waals surface area contributed by atoms with Crippen molar-refractivity contribution in [2.45, 2.75) is 6.92 Å². The molecular formula is C14H14ClNO2. The van der Waals surface area contributed by atoms with Crippen molar-refractivity contribution in [1.29, 1.82) is 0 Å². The number of rotatable bonds is 3. The van der Waals surface area contributed by atoms with Gasteiger partial charge in [0.05, 0.1) is 5.69 Å². The Hall–Kier alpha value is -1.58. The number of fused-ring (bicyclic) bond motifs is 1. The summed E-state index contributed by atoms with van der Waals surface area (Å²) in [6.45, 7) is 1.96. The molecular weight excluding hydrogens is 250 g/mol. The van der Waals surface area contributed by atoms with Crippen LogP contribution in [0.4, 0.5) is 5.69 Å². The minimum Gasteiger partial charge on any atom is -0.375 e. The molecule has 2 aromatic carbocycles. The Morgan fingerprint density at radius 2 is 2.00 bits per heavy atom. The van der Waals surface area contributed by atoms with E-state index in [2.05, 4.69) is 5.32 Å². The van der Waals surface area contributed by atoms with Crippen molar-refractivity contribution in [3.05, 3.63) is 40.9 Å². The maximum absolute atomic E-state index is 11.6. The summed E-state index contributed by atoms with van der Waals surface area (Å²) in [7, 11) is 1.49. The average Bonchev–Trinajstić information content (AvgIpc) is 2.35. The number of anilines is 1. The molecule has 0 unspecified atom stereocenters. The Morgan fingerprint density at radius 1 is 1.33 bits per heavy atom. The van der Waals surface area contributed by atoms with Crippen molar-refractivity contribution in [3.8, 4) is 0 Å². The van der Waals surface area contributed by atoms with Crippen LogP contribution in [0.1, 0.15) is 5.56 Å². The monoisotopic (exact) mass is 263 g/mol. The van der Waals surface area contributed by atoms with Crippen LogP contribution in [0.5, 0.6) is 0 Å². The number of ether oxygens (including phenoxy) is 1. The van der Waals surface area contributed by atoms with Crippen molar-refractivity contribution in [2.75, 3.05) is 19.0 Å². The molecule has 2 rings (SSSR count). The molecule has 1 amide bonds. The number of hydrogen-bond donors (Lipinski definition) is 1. The van der Waals surface area contributed by atoms with Gasteiger partial charge in [0, 0.05) is 22.9 Å². The molecule has 0 radical (unpaired) electrons. The van der Waals surface area contributed by atoms with Gasteiger partial charge in [-0.2, -0.15) is 0 Å². The van der Waals surface area contributed by atoms with Gasteiger partial charge in [-0.15, -0.1) is 0 Å². The van der Waals surface area contributed by atoms with Crippen molar-refractivity contribution >= 4 is 34.0 Å². The van der Waals surface area contributed by atoms with Crippen LogP contribution in [0.2, 0.25) is 5.02 Å². The lowest BCUT2D eigenvalue weighted by Crippen LogP contribution is -2.18. The maximum Gasteiger partial charge on any atom is 0.250 e. The summed E-state index contributed by atoms with van der Waals surface area (Å²) in [4.78, 5) is 11.6. The highest BCUT2D eigenvalue weighted by atomic mass is 35.5. The molecule has 0 fully saturated rings. The molecule has 3 nitrogen and oxygen atoms in total. The smallest absolute Gasteiger partial charge is 0.250 e. The number of halogens is 1. The molecule has 0 aromatic heterocycles. The highest BCUT2D eigenvalue weighted by Crippen LogP contribution is 2.32. The van der Waals surface area contributed by atoms with Crippen LogP contribution < -0.4 is 5.32 Å². The van der Waals surface area contributed by atoms with Gasteiger partial charge < -0.3 is 10.1 Å². The summed E-state index contributed by atoms with van der Waals surface area (Å²) in [5, 5.41) is 5.41. The molecule has 0 heterocycles. The summed E-state index contributed by atoms with van der Waals surface area (Å²) in [6.07, 6.45) is 0. The average molecular weight is 264 g/mol. The lowest BCUT2D eigenvalue weighted by molar-refractivity contribution is -0.119. The van der Waals surface area contributed by atoms with Crippen molar-refractivity contribution in [3.63, 3.8) is 0 Å². The fourth-order valence-electron chi connectivity index (χ4n) is 1.93. The zero-order valence-corrected chi connectivity index (χ0v) is 11.0. The number of methoxy groups -OCH3 is 1. The molecule has 0 bridgehead atoms. The Kier molecular flexibility index (Phi) is 3.84. The lowest BCUT2D eigenvalue weighted by atomic mass is 10.0. The molecule has 18 heavy (non-hydrogen) atoms. The Morgan fingerprint density at radius 3 is 2.67 bits per heavy atom. The van der Waals surface area contributed by atoms with Crippen LogP contribution in [0.15, 0.2) is 30.3 Å². The van der Waals surface area contributed by atoms with Crippen molar-refractivity contribution < 1.29 is 9.53 Å². The number of nitrogens with one attached hydrogen (secondary N) is 1. The molecule has 0 saturated heterocycles. The summed E-state index contributed by atoms with van der Waals surface area (Å²) < 4.78 is 4.81. The number of carbonyl (C=O) groups excluding carboxylic acids is 1. The van der Waals surface area contributed by atoms with Gasteiger partial charge in [-0.05, 0) is 18.6 Å². The second kappa shape index (κ2) is 5.38. The fraction of sp³-hybridized carbons (Fsp3) is 0.214. The molecule has 0 spiro atoms. The van der Waals surface area contributed by atoms with E-state index < -0.39 is 0 Å². The van der Waals surface area contributed by atoms with Gasteiger partial charge in [0.2, 0.25) is 5.91 Å². The van der Waals surface area contributed by atoms with Crippen molar-refractivity contribution in [1.82, 2.24) is 0 Å². The topological polar surface area (TPSA) is 38.3 Å². The van der Waals surface area contributed by atoms with Gasteiger partial charge in [-0.1, -0.05) is 35.9 Å². The molecule has 0 aliphatic heterocycles. The first-order valence-electron chi connectivity index (χ1n) is 5.60. The molecule has 0 saturated carbocycles. The van der Waals surface area contributed by atoms with Crippen LogP contribution in [0, 0.1) is 6.92 Å². The Labute approximate surface area is 111 Å². The van der Waals surface area contributed by atoms with E-state index in [1.807, 2.05) is 37.3 Å². The quantitative estimate of drug-likeness (QED) is 0.922. The molecule has 94 valence electrons. The standard InChI is InChI=1S/C14H14ClNO2/c1-9-7-12(15)10-5-3-4-6-11(10)14(9)16-13(17)8-18-2/h3-7H,8H2,1-2H3,(H,16,17). The Balaban J connectivity index is 2.52. The molecule has 1 N–H and O–H groups in total. The highest BCUT2D eigenvalue weighted by molar-refractivity contribution is 6.36. The van der Waals surface area contributed by atoms with Crippen molar-refractivity contribution in [2.24, 2.45) is 0 Å². The van der Waals surface area contributed by atoms with Gasteiger partial charge >= 0.3 is 0 Å². The number of hydrogen-bond acceptors (Lipinski definition) is 2. The third-order valence-corrected chi connectivity index (χ3v) is 3.04. The van der Waals surface area contributed by atoms with Gasteiger partial charge in [-0.3, -0.25) is 4.79 Å². The molecule has 4 heteroatoms. The maximum atomic E-state index is 11.6. The van der Waals surface area contributed by atoms with E-state index >= 15 is 0 Å². The second-order valence-electron chi connectivity index (χ2n) is 4.08. The van der Waals surface area contributed by atoms with Crippen LogP contribution in [-0.4, -0.2) is 19.6 Å². The van der Waals surface area contributed by atoms with Crippen LogP contribution in [0.25, 0.3) is 10.8 Å². The lowest BCUT2D eigenvalue weighted by Gasteiger charge is -2.13.